The zero-order chi connectivity index (χ0) is 11.7. The maximum absolute atomic E-state index is 11.8. The Morgan fingerprint density at radius 1 is 1.35 bits per heavy atom. The molecule has 0 radical (unpaired) electrons. The number of benzene rings is 1. The van der Waals surface area contributed by atoms with E-state index in [4.69, 9.17) is 0 Å². The molecule has 0 saturated heterocycles. The number of rotatable bonds is 2. The van der Waals surface area contributed by atoms with Crippen LogP contribution in [0.5, 0.6) is 0 Å². The number of hydrogen-bond acceptors (Lipinski definition) is 4. The normalized spacial score (nSPS) is 12.0. The second kappa shape index (κ2) is 4.12. The molecule has 7 heteroatoms. The Balaban J connectivity index is 1.90. The first-order chi connectivity index (χ1) is 8.34. The van der Waals surface area contributed by atoms with Crippen LogP contribution in [0.4, 0.5) is 17.1 Å². The van der Waals surface area contributed by atoms with Crippen LogP contribution in [0.3, 0.4) is 0 Å². The molecule has 0 saturated carbocycles. The van der Waals surface area contributed by atoms with E-state index in [-0.39, 0.29) is 20.5 Å². The molecule has 0 fully saturated rings. The average Bonchev–Trinajstić information content (AvgIpc) is 3.00. The van der Waals surface area contributed by atoms with Crippen LogP contribution in [0.25, 0.3) is 0 Å². The van der Waals surface area contributed by atoms with Crippen molar-refractivity contribution >= 4 is 37.5 Å². The number of nitrogens with zero attached hydrogens (tertiary/aromatic N) is 3. The molecule has 0 aliphatic carbocycles. The van der Waals surface area contributed by atoms with Crippen molar-refractivity contribution in [1.29, 1.82) is 0 Å². The molecule has 6 nitrogen and oxygen atoms in total. The molecule has 1 aromatic heterocycles. The van der Waals surface area contributed by atoms with E-state index in [0.717, 1.165) is 11.4 Å². The van der Waals surface area contributed by atoms with Gasteiger partial charge in [-0.25, -0.2) is 0 Å². The van der Waals surface area contributed by atoms with E-state index >= 15 is 0 Å². The number of carbonyl (C=O) groups is 1. The molecule has 1 amide bonds. The van der Waals surface area contributed by atoms with Crippen LogP contribution in [-0.4, -0.2) is 30.7 Å². The van der Waals surface area contributed by atoms with Gasteiger partial charge in [-0.15, -0.1) is 0 Å². The molecule has 0 bridgehead atoms. The fourth-order valence-corrected chi connectivity index (χ4v) is 2.63. The van der Waals surface area contributed by atoms with Gasteiger partial charge in [-0.1, -0.05) is 0 Å². The van der Waals surface area contributed by atoms with Crippen molar-refractivity contribution in [2.75, 3.05) is 5.32 Å². The molecule has 2 N–H and O–H groups in total. The van der Waals surface area contributed by atoms with Crippen LogP contribution in [0, 0.1) is 0 Å². The zero-order valence-corrected chi connectivity index (χ0v) is 10.3. The molecule has 3 rings (SSSR count). The molecule has 0 atom stereocenters. The van der Waals surface area contributed by atoms with Gasteiger partial charge in [-0.2, -0.15) is 0 Å². The summed E-state index contributed by atoms with van der Waals surface area (Å²) in [6, 6.07) is 5.56. The summed E-state index contributed by atoms with van der Waals surface area (Å²) in [5.41, 5.74) is 2.79. The van der Waals surface area contributed by atoms with Crippen molar-refractivity contribution in [2.24, 2.45) is 7.92 Å². The molecular weight excluding hydrogens is 285 g/mol. The number of amides is 1. The molecule has 2 heterocycles. The van der Waals surface area contributed by atoms with E-state index in [2.05, 4.69) is 23.4 Å². The summed E-state index contributed by atoms with van der Waals surface area (Å²) in [7, 11) is 0. The number of H-pyrrole nitrogens is 1. The number of aromatic amines is 1. The van der Waals surface area contributed by atoms with E-state index in [9.17, 15) is 4.79 Å². The Labute approximate surface area is 102 Å². The molecule has 17 heavy (non-hydrogen) atoms. The van der Waals surface area contributed by atoms with Crippen LogP contribution in [0.1, 0.15) is 10.4 Å². The number of nitrogens with one attached hydrogen (secondary N) is 2. The number of carbonyl (C=O) groups excluding carboxylic acids is 1. The van der Waals surface area contributed by atoms with Gasteiger partial charge in [0.15, 0.2) is 0 Å². The molecule has 1 aromatic carbocycles. The summed E-state index contributed by atoms with van der Waals surface area (Å²) in [4.78, 5) is 11.8. The first-order valence-electron chi connectivity index (χ1n) is 4.86. The van der Waals surface area contributed by atoms with E-state index in [0.29, 0.717) is 11.3 Å². The monoisotopic (exact) mass is 293 g/mol. The molecule has 0 unspecified atom stereocenters. The van der Waals surface area contributed by atoms with Gasteiger partial charge in [0.1, 0.15) is 0 Å². The fourth-order valence-electron chi connectivity index (χ4n) is 1.48. The van der Waals surface area contributed by atoms with Crippen molar-refractivity contribution in [3.8, 4) is 0 Å². The SMILES string of the molecule is O=C(Nc1cccc2c1N=[Se]=N2)c1cn[nH]c1. The number of fused-ring (bicyclic) bond motifs is 1. The molecule has 2 aromatic rings. The average molecular weight is 292 g/mol. The van der Waals surface area contributed by atoms with Crippen molar-refractivity contribution in [3.63, 3.8) is 0 Å². The van der Waals surface area contributed by atoms with Crippen molar-refractivity contribution in [3.05, 3.63) is 36.2 Å². The first-order valence-corrected chi connectivity index (χ1v) is 6.39. The summed E-state index contributed by atoms with van der Waals surface area (Å²) in [5, 5.41) is 9.13. The Bertz CT molecular complexity index is 643. The molecule has 1 aliphatic heterocycles. The molecular formula is C10H7N5OSe. The minimum absolute atomic E-state index is 0.0984. The third kappa shape index (κ3) is 1.86. The summed E-state index contributed by atoms with van der Waals surface area (Å²) >= 11 is -0.0984. The van der Waals surface area contributed by atoms with E-state index < -0.39 is 0 Å². The minimum atomic E-state index is -0.207. The van der Waals surface area contributed by atoms with Gasteiger partial charge in [0.05, 0.1) is 0 Å². The van der Waals surface area contributed by atoms with Crippen LogP contribution >= 0.6 is 0 Å². The summed E-state index contributed by atoms with van der Waals surface area (Å²) in [5.74, 6) is -0.207. The maximum atomic E-state index is 11.8. The number of aromatic nitrogens is 2. The predicted molar refractivity (Wildman–Crippen MR) is 62.9 cm³/mol. The van der Waals surface area contributed by atoms with E-state index in [1.54, 1.807) is 6.20 Å². The van der Waals surface area contributed by atoms with Gasteiger partial charge < -0.3 is 0 Å². The summed E-state index contributed by atoms with van der Waals surface area (Å²) < 4.78 is 8.55. The second-order valence-corrected chi connectivity index (χ2v) is 4.49. The zero-order valence-electron chi connectivity index (χ0n) is 8.54. The second-order valence-electron chi connectivity index (χ2n) is 3.38. The van der Waals surface area contributed by atoms with Crippen molar-refractivity contribution in [2.45, 2.75) is 0 Å². The Kier molecular flexibility index (Phi) is 2.47. The van der Waals surface area contributed by atoms with Crippen molar-refractivity contribution < 1.29 is 4.79 Å². The molecule has 84 valence electrons. The van der Waals surface area contributed by atoms with Crippen LogP contribution < -0.4 is 5.32 Å². The van der Waals surface area contributed by atoms with Gasteiger partial charge in [0.2, 0.25) is 0 Å². The van der Waals surface area contributed by atoms with Gasteiger partial charge in [-0.3, -0.25) is 0 Å². The number of anilines is 1. The van der Waals surface area contributed by atoms with Crippen LogP contribution in [-0.2, 0) is 0 Å². The molecule has 0 spiro atoms. The predicted octanol–water partition coefficient (Wildman–Crippen LogP) is 2.01. The fraction of sp³-hybridized carbons (Fsp3) is 0. The van der Waals surface area contributed by atoms with E-state index in [1.807, 2.05) is 18.2 Å². The topological polar surface area (TPSA) is 82.5 Å². The Morgan fingerprint density at radius 3 is 3.12 bits per heavy atom. The summed E-state index contributed by atoms with van der Waals surface area (Å²) in [6.07, 6.45) is 3.02. The first kappa shape index (κ1) is 10.2. The van der Waals surface area contributed by atoms with Crippen molar-refractivity contribution in [1.82, 2.24) is 10.2 Å². The van der Waals surface area contributed by atoms with Gasteiger partial charge >= 0.3 is 102 Å². The van der Waals surface area contributed by atoms with Gasteiger partial charge in [-0.05, 0) is 0 Å². The third-order valence-electron chi connectivity index (χ3n) is 2.29. The summed E-state index contributed by atoms with van der Waals surface area (Å²) in [6.45, 7) is 0. The van der Waals surface area contributed by atoms with Gasteiger partial charge in [0.25, 0.3) is 0 Å². The number of hydrogen-bond donors (Lipinski definition) is 2. The Hall–Kier alpha value is -1.98. The Morgan fingerprint density at radius 2 is 2.29 bits per heavy atom. The van der Waals surface area contributed by atoms with E-state index in [1.165, 1.54) is 6.20 Å². The molecule has 1 aliphatic rings. The standard InChI is InChI=1S/C10H7N5OSe/c16-10(6-4-11-12-5-6)13-7-2-1-3-8-9(7)15-17-14-8/h1-5H,(H,11,12)(H,13,16). The van der Waals surface area contributed by atoms with Crippen LogP contribution in [0.2, 0.25) is 0 Å². The van der Waals surface area contributed by atoms with Crippen LogP contribution in [0.15, 0.2) is 38.5 Å². The van der Waals surface area contributed by atoms with Gasteiger partial charge in [0, 0.05) is 0 Å². The quantitative estimate of drug-likeness (QED) is 0.708. The third-order valence-corrected chi connectivity index (χ3v) is 3.43.